The van der Waals surface area contributed by atoms with Gasteiger partial charge in [0.2, 0.25) is 0 Å². The second kappa shape index (κ2) is 11.4. The Kier molecular flexibility index (Phi) is 9.43. The lowest BCUT2D eigenvalue weighted by atomic mass is 9.67. The molecule has 0 heterocycles. The van der Waals surface area contributed by atoms with Gasteiger partial charge in [-0.15, -0.1) is 0 Å². The molecule has 0 aliphatic heterocycles. The smallest absolute Gasteiger partial charge is 0.324 e. The zero-order valence-electron chi connectivity index (χ0n) is 20.0. The SMILES string of the molecule is CCCCCCCCOC(=O)C(C)(P=O)C1(C(=O)c2c(C)cc(C)cc2C)CCCC1. The molecule has 0 bridgehead atoms. The first-order chi connectivity index (χ1) is 14.7. The van der Waals surface area contributed by atoms with Crippen molar-refractivity contribution in [2.24, 2.45) is 5.41 Å². The van der Waals surface area contributed by atoms with E-state index in [-0.39, 0.29) is 14.2 Å². The molecule has 1 unspecified atom stereocenters. The zero-order valence-corrected chi connectivity index (χ0v) is 20.9. The number of ketones is 1. The van der Waals surface area contributed by atoms with Crippen LogP contribution in [0, 0.1) is 26.2 Å². The molecule has 0 amide bonds. The molecule has 5 heteroatoms. The molecule has 31 heavy (non-hydrogen) atoms. The summed E-state index contributed by atoms with van der Waals surface area (Å²) in [6, 6.07) is 4.01. The van der Waals surface area contributed by atoms with Crippen molar-refractivity contribution >= 4 is 20.2 Å². The number of benzene rings is 1. The second-order valence-corrected chi connectivity index (χ2v) is 10.5. The van der Waals surface area contributed by atoms with Crippen LogP contribution in [-0.2, 0) is 14.1 Å². The van der Waals surface area contributed by atoms with Gasteiger partial charge in [0.15, 0.2) is 19.4 Å². The number of hydrogen-bond donors (Lipinski definition) is 0. The molecular weight excluding hydrogens is 407 g/mol. The van der Waals surface area contributed by atoms with E-state index in [9.17, 15) is 14.2 Å². The molecule has 2 rings (SSSR count). The molecule has 0 spiro atoms. The first-order valence-corrected chi connectivity index (χ1v) is 12.7. The summed E-state index contributed by atoms with van der Waals surface area (Å²) < 4.78 is 18.1. The third-order valence-corrected chi connectivity index (χ3v) is 8.01. The summed E-state index contributed by atoms with van der Waals surface area (Å²) in [4.78, 5) is 27.2. The average molecular weight is 447 g/mol. The standard InChI is InChI=1S/C26H39O4P/c1-6-7-8-9-10-13-16-30-24(28)25(5,31-29)26(14-11-12-15-26)23(27)22-20(3)17-19(2)18-21(22)4/h17-18H,6-16H2,1-5H3. The van der Waals surface area contributed by atoms with Gasteiger partial charge in [0.1, 0.15) is 0 Å². The van der Waals surface area contributed by atoms with Crippen LogP contribution in [0.4, 0.5) is 0 Å². The van der Waals surface area contributed by atoms with E-state index in [1.165, 1.54) is 19.3 Å². The number of unbranched alkanes of at least 4 members (excludes halogenated alkanes) is 5. The maximum atomic E-state index is 14.0. The van der Waals surface area contributed by atoms with E-state index < -0.39 is 16.5 Å². The van der Waals surface area contributed by atoms with Crippen LogP contribution in [-0.4, -0.2) is 23.5 Å². The number of hydrogen-bond acceptors (Lipinski definition) is 4. The fraction of sp³-hybridized carbons (Fsp3) is 0.692. The van der Waals surface area contributed by atoms with E-state index in [0.717, 1.165) is 48.8 Å². The van der Waals surface area contributed by atoms with Crippen LogP contribution in [0.15, 0.2) is 12.1 Å². The third-order valence-electron chi connectivity index (χ3n) is 7.04. The van der Waals surface area contributed by atoms with Crippen molar-refractivity contribution < 1.29 is 18.9 Å². The van der Waals surface area contributed by atoms with Crippen molar-refractivity contribution in [2.75, 3.05) is 6.61 Å². The van der Waals surface area contributed by atoms with Gasteiger partial charge in [-0.3, -0.25) is 14.2 Å². The van der Waals surface area contributed by atoms with Crippen LogP contribution in [0.1, 0.15) is 105 Å². The van der Waals surface area contributed by atoms with Crippen molar-refractivity contribution in [3.05, 3.63) is 34.4 Å². The second-order valence-electron chi connectivity index (χ2n) is 9.46. The van der Waals surface area contributed by atoms with Crippen molar-refractivity contribution in [1.82, 2.24) is 0 Å². The first kappa shape index (κ1) is 25.7. The topological polar surface area (TPSA) is 60.4 Å². The fourth-order valence-electron chi connectivity index (χ4n) is 5.20. The van der Waals surface area contributed by atoms with Gasteiger partial charge >= 0.3 is 5.97 Å². The van der Waals surface area contributed by atoms with Crippen LogP contribution < -0.4 is 0 Å². The Labute approximate surface area is 189 Å². The first-order valence-electron chi connectivity index (χ1n) is 11.9. The Hall–Kier alpha value is -1.54. The fourth-order valence-corrected chi connectivity index (χ4v) is 5.84. The molecule has 0 saturated heterocycles. The van der Waals surface area contributed by atoms with E-state index in [1.54, 1.807) is 6.92 Å². The molecule has 1 aliphatic carbocycles. The number of rotatable bonds is 12. The minimum atomic E-state index is -1.37. The van der Waals surface area contributed by atoms with Gasteiger partial charge in [0.25, 0.3) is 0 Å². The molecule has 4 nitrogen and oxygen atoms in total. The van der Waals surface area contributed by atoms with E-state index in [2.05, 4.69) is 6.92 Å². The minimum absolute atomic E-state index is 0.0534. The lowest BCUT2D eigenvalue weighted by molar-refractivity contribution is -0.149. The van der Waals surface area contributed by atoms with Crippen LogP contribution in [0.5, 0.6) is 0 Å². The maximum Gasteiger partial charge on any atom is 0.324 e. The summed E-state index contributed by atoms with van der Waals surface area (Å²) in [6.45, 7) is 10.1. The highest BCUT2D eigenvalue weighted by atomic mass is 31.1. The molecule has 0 aromatic heterocycles. The van der Waals surface area contributed by atoms with E-state index in [0.29, 0.717) is 25.0 Å². The number of esters is 1. The molecule has 1 aromatic rings. The largest absolute Gasteiger partial charge is 0.465 e. The van der Waals surface area contributed by atoms with Crippen molar-refractivity contribution in [1.29, 1.82) is 0 Å². The summed E-state index contributed by atoms with van der Waals surface area (Å²) in [5.41, 5.74) is 2.62. The number of ether oxygens (including phenoxy) is 1. The highest BCUT2D eigenvalue weighted by Crippen LogP contribution is 2.55. The summed E-state index contributed by atoms with van der Waals surface area (Å²) in [6.07, 6.45) is 9.43. The van der Waals surface area contributed by atoms with Crippen LogP contribution >= 0.6 is 8.46 Å². The van der Waals surface area contributed by atoms with Crippen molar-refractivity contribution in [3.63, 3.8) is 0 Å². The Balaban J connectivity index is 2.23. The number of aryl methyl sites for hydroxylation is 3. The summed E-state index contributed by atoms with van der Waals surface area (Å²) in [5, 5.41) is -1.37. The molecule has 0 radical (unpaired) electrons. The maximum absolute atomic E-state index is 14.0. The quantitative estimate of drug-likeness (QED) is 0.146. The highest BCUT2D eigenvalue weighted by molar-refractivity contribution is 7.28. The monoisotopic (exact) mass is 446 g/mol. The van der Waals surface area contributed by atoms with E-state index in [4.69, 9.17) is 4.74 Å². The van der Waals surface area contributed by atoms with E-state index >= 15 is 0 Å². The third kappa shape index (κ3) is 5.45. The van der Waals surface area contributed by atoms with Gasteiger partial charge in [0.05, 0.1) is 12.0 Å². The van der Waals surface area contributed by atoms with Gasteiger partial charge in [0, 0.05) is 5.56 Å². The number of Topliss-reactive ketones (excluding diaryl/α,β-unsaturated/α-hetero) is 1. The molecule has 1 atom stereocenters. The highest BCUT2D eigenvalue weighted by Gasteiger charge is 2.61. The Morgan fingerprint density at radius 2 is 1.55 bits per heavy atom. The normalized spacial score (nSPS) is 17.5. The Morgan fingerprint density at radius 3 is 2.10 bits per heavy atom. The Bertz CT molecular complexity index is 772. The molecule has 1 fully saturated rings. The van der Waals surface area contributed by atoms with Gasteiger partial charge in [-0.2, -0.15) is 0 Å². The van der Waals surface area contributed by atoms with Crippen LogP contribution in [0.3, 0.4) is 0 Å². The van der Waals surface area contributed by atoms with Gasteiger partial charge in [-0.25, -0.2) is 0 Å². The summed E-state index contributed by atoms with van der Waals surface area (Å²) in [5.74, 6) is -0.558. The van der Waals surface area contributed by atoms with Crippen LogP contribution in [0.25, 0.3) is 0 Å². The molecule has 1 aliphatic rings. The molecule has 1 aromatic carbocycles. The number of carbonyl (C=O) groups is 2. The predicted molar refractivity (Wildman–Crippen MR) is 126 cm³/mol. The number of carbonyl (C=O) groups excluding carboxylic acids is 2. The van der Waals surface area contributed by atoms with Crippen LogP contribution in [0.2, 0.25) is 0 Å². The minimum Gasteiger partial charge on any atom is -0.465 e. The van der Waals surface area contributed by atoms with Gasteiger partial charge in [-0.1, -0.05) is 69.6 Å². The van der Waals surface area contributed by atoms with Crippen molar-refractivity contribution in [2.45, 2.75) is 104 Å². The molecule has 1 saturated carbocycles. The van der Waals surface area contributed by atoms with Gasteiger partial charge < -0.3 is 4.74 Å². The van der Waals surface area contributed by atoms with Gasteiger partial charge in [-0.05, 0) is 58.1 Å². The van der Waals surface area contributed by atoms with E-state index in [1.807, 2.05) is 32.9 Å². The molecular formula is C26H39O4P. The summed E-state index contributed by atoms with van der Waals surface area (Å²) in [7, 11) is -0.337. The summed E-state index contributed by atoms with van der Waals surface area (Å²) >= 11 is 0. The predicted octanol–water partition coefficient (Wildman–Crippen LogP) is 7.31. The lowest BCUT2D eigenvalue weighted by Crippen LogP contribution is -2.52. The zero-order chi connectivity index (χ0) is 23.1. The molecule has 172 valence electrons. The average Bonchev–Trinajstić information content (AvgIpc) is 3.23. The lowest BCUT2D eigenvalue weighted by Gasteiger charge is -2.39. The van der Waals surface area contributed by atoms with Crippen molar-refractivity contribution in [3.8, 4) is 0 Å². The Morgan fingerprint density at radius 1 is 1.00 bits per heavy atom. The molecule has 0 N–H and O–H groups in total.